The van der Waals surface area contributed by atoms with Gasteiger partial charge in [-0.05, 0) is 49.6 Å². The minimum absolute atomic E-state index is 0.0659. The number of hydrogen-bond donors (Lipinski definition) is 2. The van der Waals surface area contributed by atoms with Crippen LogP contribution in [-0.4, -0.2) is 21.5 Å². The molecule has 2 unspecified atom stereocenters. The van der Waals surface area contributed by atoms with Gasteiger partial charge in [0.15, 0.2) is 0 Å². The summed E-state index contributed by atoms with van der Waals surface area (Å²) >= 11 is 6.02. The van der Waals surface area contributed by atoms with Crippen LogP contribution in [0.15, 0.2) is 17.0 Å². The van der Waals surface area contributed by atoms with Crippen molar-refractivity contribution in [3.63, 3.8) is 0 Å². The Balaban J connectivity index is 2.37. The predicted molar refractivity (Wildman–Crippen MR) is 76.8 cm³/mol. The van der Waals surface area contributed by atoms with Gasteiger partial charge in [-0.3, -0.25) is 0 Å². The first kappa shape index (κ1) is 14.8. The van der Waals surface area contributed by atoms with Crippen molar-refractivity contribution in [2.75, 3.05) is 7.05 Å². The maximum absolute atomic E-state index is 12.4. The maximum Gasteiger partial charge on any atom is 0.241 e. The van der Waals surface area contributed by atoms with Crippen molar-refractivity contribution in [2.45, 2.75) is 37.8 Å². The van der Waals surface area contributed by atoms with Crippen LogP contribution in [0, 0.1) is 12.8 Å². The first-order chi connectivity index (χ1) is 8.85. The van der Waals surface area contributed by atoms with E-state index in [1.807, 2.05) is 20.9 Å². The van der Waals surface area contributed by atoms with E-state index in [2.05, 4.69) is 10.0 Å². The van der Waals surface area contributed by atoms with Gasteiger partial charge in [0.25, 0.3) is 0 Å². The third-order valence-corrected chi connectivity index (χ3v) is 5.34. The molecule has 0 heterocycles. The molecule has 1 aliphatic carbocycles. The number of nitrogens with one attached hydrogen (secondary N) is 2. The molecule has 2 rings (SSSR count). The molecule has 1 aromatic carbocycles. The molecule has 0 bridgehead atoms. The molecule has 0 aromatic heterocycles. The topological polar surface area (TPSA) is 58.2 Å². The summed E-state index contributed by atoms with van der Waals surface area (Å²) in [6.07, 6.45) is 0.905. The number of rotatable bonds is 5. The Bertz CT molecular complexity index is 587. The lowest BCUT2D eigenvalue weighted by Gasteiger charge is -2.13. The van der Waals surface area contributed by atoms with Gasteiger partial charge in [0.05, 0.1) is 4.90 Å². The van der Waals surface area contributed by atoms with E-state index in [1.165, 1.54) is 6.07 Å². The Kier molecular flexibility index (Phi) is 4.20. The van der Waals surface area contributed by atoms with Crippen LogP contribution in [0.4, 0.5) is 0 Å². The summed E-state index contributed by atoms with van der Waals surface area (Å²) in [5.74, 6) is 0.422. The molecule has 0 saturated heterocycles. The van der Waals surface area contributed by atoms with Gasteiger partial charge in [0.1, 0.15) is 0 Å². The van der Waals surface area contributed by atoms with E-state index in [4.69, 9.17) is 11.6 Å². The predicted octanol–water partition coefficient (Wildman–Crippen LogP) is 2.05. The smallest absolute Gasteiger partial charge is 0.241 e. The van der Waals surface area contributed by atoms with Crippen molar-refractivity contribution in [3.05, 3.63) is 28.3 Å². The molecule has 0 amide bonds. The molecule has 6 heteroatoms. The molecule has 1 aliphatic rings. The van der Waals surface area contributed by atoms with E-state index in [1.54, 1.807) is 6.07 Å². The molecule has 106 valence electrons. The Morgan fingerprint density at radius 2 is 2.05 bits per heavy atom. The van der Waals surface area contributed by atoms with Crippen molar-refractivity contribution in [3.8, 4) is 0 Å². The molecule has 0 aliphatic heterocycles. The van der Waals surface area contributed by atoms with Crippen LogP contribution < -0.4 is 10.0 Å². The number of hydrogen-bond acceptors (Lipinski definition) is 3. The van der Waals surface area contributed by atoms with E-state index in [0.717, 1.165) is 17.5 Å². The highest BCUT2D eigenvalue weighted by atomic mass is 35.5. The summed E-state index contributed by atoms with van der Waals surface area (Å²) < 4.78 is 27.5. The van der Waals surface area contributed by atoms with Gasteiger partial charge in [0, 0.05) is 17.6 Å². The molecular formula is C13H19ClN2O2S. The van der Waals surface area contributed by atoms with Crippen LogP contribution >= 0.6 is 11.6 Å². The summed E-state index contributed by atoms with van der Waals surface area (Å²) in [6.45, 7) is 4.44. The van der Waals surface area contributed by atoms with Gasteiger partial charge in [-0.25, -0.2) is 13.1 Å². The largest absolute Gasteiger partial charge is 0.316 e. The Hall–Kier alpha value is -0.620. The fourth-order valence-corrected chi connectivity index (χ4v) is 4.09. The fraction of sp³-hybridized carbons (Fsp3) is 0.538. The highest BCUT2D eigenvalue weighted by Gasteiger charge is 2.37. The zero-order valence-corrected chi connectivity index (χ0v) is 12.9. The molecule has 19 heavy (non-hydrogen) atoms. The van der Waals surface area contributed by atoms with Crippen molar-refractivity contribution < 1.29 is 8.42 Å². The second kappa shape index (κ2) is 5.40. The molecule has 1 saturated carbocycles. The summed E-state index contributed by atoms with van der Waals surface area (Å²) in [5, 5.41) is 3.46. The van der Waals surface area contributed by atoms with E-state index < -0.39 is 10.0 Å². The van der Waals surface area contributed by atoms with E-state index in [9.17, 15) is 8.42 Å². The summed E-state index contributed by atoms with van der Waals surface area (Å²) in [5.41, 5.74) is 1.65. The Morgan fingerprint density at radius 1 is 1.42 bits per heavy atom. The molecule has 0 radical (unpaired) electrons. The monoisotopic (exact) mass is 302 g/mol. The highest BCUT2D eigenvalue weighted by Crippen LogP contribution is 2.32. The SMILES string of the molecule is CNCc1cc(Cl)cc(S(=O)(=O)NC2CC2C)c1C. The Labute approximate surface area is 119 Å². The lowest BCUT2D eigenvalue weighted by Crippen LogP contribution is -2.28. The molecule has 1 aromatic rings. The minimum Gasteiger partial charge on any atom is -0.316 e. The highest BCUT2D eigenvalue weighted by molar-refractivity contribution is 7.89. The zero-order chi connectivity index (χ0) is 14.2. The van der Waals surface area contributed by atoms with Gasteiger partial charge < -0.3 is 5.32 Å². The molecule has 2 atom stereocenters. The summed E-state index contributed by atoms with van der Waals surface area (Å²) in [6, 6.07) is 3.38. The zero-order valence-electron chi connectivity index (χ0n) is 11.3. The van der Waals surface area contributed by atoms with Crippen LogP contribution in [0.2, 0.25) is 5.02 Å². The van der Waals surface area contributed by atoms with Gasteiger partial charge in [0.2, 0.25) is 10.0 Å². The molecule has 2 N–H and O–H groups in total. The third kappa shape index (κ3) is 3.28. The molecular weight excluding hydrogens is 284 g/mol. The van der Waals surface area contributed by atoms with E-state index >= 15 is 0 Å². The van der Waals surface area contributed by atoms with Gasteiger partial charge in [-0.2, -0.15) is 0 Å². The summed E-state index contributed by atoms with van der Waals surface area (Å²) in [4.78, 5) is 0.282. The van der Waals surface area contributed by atoms with Crippen LogP contribution in [-0.2, 0) is 16.6 Å². The summed E-state index contributed by atoms with van der Waals surface area (Å²) in [7, 11) is -1.67. The maximum atomic E-state index is 12.4. The number of halogens is 1. The average molecular weight is 303 g/mol. The fourth-order valence-electron chi connectivity index (χ4n) is 2.11. The number of benzene rings is 1. The first-order valence-corrected chi connectivity index (χ1v) is 8.17. The molecule has 1 fully saturated rings. The van der Waals surface area contributed by atoms with Crippen LogP contribution in [0.3, 0.4) is 0 Å². The second-order valence-electron chi connectivity index (χ2n) is 5.16. The standard InChI is InChI=1S/C13H19ClN2O2S/c1-8-4-12(8)16-19(17,18)13-6-11(14)5-10(7-15-3)9(13)2/h5-6,8,12,15-16H,4,7H2,1-3H3. The Morgan fingerprint density at radius 3 is 2.58 bits per heavy atom. The van der Waals surface area contributed by atoms with Crippen molar-refractivity contribution in [1.29, 1.82) is 0 Å². The first-order valence-electron chi connectivity index (χ1n) is 6.31. The van der Waals surface area contributed by atoms with Crippen LogP contribution in [0.5, 0.6) is 0 Å². The van der Waals surface area contributed by atoms with E-state index in [0.29, 0.717) is 17.5 Å². The molecule has 0 spiro atoms. The lowest BCUT2D eigenvalue weighted by atomic mass is 10.1. The van der Waals surface area contributed by atoms with E-state index in [-0.39, 0.29) is 10.9 Å². The van der Waals surface area contributed by atoms with Gasteiger partial charge in [-0.1, -0.05) is 18.5 Å². The normalized spacial score (nSPS) is 22.5. The molecule has 4 nitrogen and oxygen atoms in total. The minimum atomic E-state index is -3.49. The number of sulfonamides is 1. The van der Waals surface area contributed by atoms with Crippen LogP contribution in [0.25, 0.3) is 0 Å². The lowest BCUT2D eigenvalue weighted by molar-refractivity contribution is 0.577. The van der Waals surface area contributed by atoms with Crippen LogP contribution in [0.1, 0.15) is 24.5 Å². The average Bonchev–Trinajstić information content (AvgIpc) is 2.98. The quantitative estimate of drug-likeness (QED) is 0.875. The second-order valence-corrected chi connectivity index (χ2v) is 7.28. The van der Waals surface area contributed by atoms with Crippen molar-refractivity contribution >= 4 is 21.6 Å². The van der Waals surface area contributed by atoms with Gasteiger partial charge in [-0.15, -0.1) is 0 Å². The van der Waals surface area contributed by atoms with Crippen molar-refractivity contribution in [1.82, 2.24) is 10.0 Å². The third-order valence-electron chi connectivity index (χ3n) is 3.51. The van der Waals surface area contributed by atoms with Gasteiger partial charge >= 0.3 is 0 Å². The van der Waals surface area contributed by atoms with Crippen molar-refractivity contribution in [2.24, 2.45) is 5.92 Å².